The van der Waals surface area contributed by atoms with Crippen molar-refractivity contribution < 1.29 is 9.59 Å². The minimum absolute atomic E-state index is 0.114. The van der Waals surface area contributed by atoms with Gasteiger partial charge in [0.2, 0.25) is 5.91 Å². The summed E-state index contributed by atoms with van der Waals surface area (Å²) >= 11 is 6.08. The Bertz CT molecular complexity index is 819. The molecule has 0 bridgehead atoms. The monoisotopic (exact) mass is 369 g/mol. The van der Waals surface area contributed by atoms with Crippen LogP contribution in [0.15, 0.2) is 54.6 Å². The number of nitrogens with zero attached hydrogens (tertiary/aromatic N) is 3. The molecule has 0 N–H and O–H groups in total. The molecule has 2 aromatic carbocycles. The van der Waals surface area contributed by atoms with Crippen LogP contribution in [0.5, 0.6) is 0 Å². The highest BCUT2D eigenvalue weighted by Crippen LogP contribution is 2.27. The fraction of sp³-hybridized carbons (Fsp3) is 0.300. The third-order valence-corrected chi connectivity index (χ3v) is 5.30. The van der Waals surface area contributed by atoms with Gasteiger partial charge < -0.3 is 4.90 Å². The first-order valence-electron chi connectivity index (χ1n) is 8.80. The second-order valence-corrected chi connectivity index (χ2v) is 7.06. The number of para-hydroxylation sites is 1. The minimum atomic E-state index is -0.357. The highest BCUT2D eigenvalue weighted by Gasteiger charge is 2.43. The van der Waals surface area contributed by atoms with Crippen LogP contribution in [0, 0.1) is 0 Å². The Morgan fingerprint density at radius 2 is 1.54 bits per heavy atom. The van der Waals surface area contributed by atoms with E-state index >= 15 is 0 Å². The van der Waals surface area contributed by atoms with E-state index in [0.29, 0.717) is 5.69 Å². The number of carbonyl (C=O) groups excluding carboxylic acids is 2. The Hall–Kier alpha value is -2.37. The van der Waals surface area contributed by atoms with Gasteiger partial charge in [-0.05, 0) is 30.3 Å². The molecule has 0 radical (unpaired) electrons. The third-order valence-electron chi connectivity index (χ3n) is 5.07. The van der Waals surface area contributed by atoms with Crippen LogP contribution in [0.2, 0.25) is 5.02 Å². The molecule has 6 heteroatoms. The van der Waals surface area contributed by atoms with Crippen LogP contribution in [0.1, 0.15) is 6.42 Å². The van der Waals surface area contributed by atoms with Crippen LogP contribution in [0.25, 0.3) is 0 Å². The molecule has 2 aromatic rings. The second kappa shape index (κ2) is 7.09. The van der Waals surface area contributed by atoms with Crippen molar-refractivity contribution in [2.45, 2.75) is 12.5 Å². The molecule has 0 spiro atoms. The molecule has 134 valence electrons. The number of hydrogen-bond acceptors (Lipinski definition) is 4. The third kappa shape index (κ3) is 3.20. The van der Waals surface area contributed by atoms with Gasteiger partial charge in [0.05, 0.1) is 18.2 Å². The standard InChI is InChI=1S/C20H20ClN3O2/c21-15-5-4-8-17(13-15)22-9-11-23(12-10-22)18-14-19(25)24(20(18)26)16-6-2-1-3-7-16/h1-8,13,18H,9-12,14H2/t18-/m1/s1. The van der Waals surface area contributed by atoms with Gasteiger partial charge >= 0.3 is 0 Å². The smallest absolute Gasteiger partial charge is 0.251 e. The van der Waals surface area contributed by atoms with E-state index in [1.165, 1.54) is 4.90 Å². The first-order chi connectivity index (χ1) is 12.6. The lowest BCUT2D eigenvalue weighted by Gasteiger charge is -2.38. The largest absolute Gasteiger partial charge is 0.369 e. The Morgan fingerprint density at radius 3 is 2.23 bits per heavy atom. The number of rotatable bonds is 3. The van der Waals surface area contributed by atoms with Crippen molar-refractivity contribution in [1.82, 2.24) is 4.90 Å². The van der Waals surface area contributed by atoms with Crippen molar-refractivity contribution >= 4 is 34.8 Å². The van der Waals surface area contributed by atoms with Gasteiger partial charge in [0, 0.05) is 36.9 Å². The first-order valence-corrected chi connectivity index (χ1v) is 9.18. The van der Waals surface area contributed by atoms with E-state index < -0.39 is 0 Å². The Labute approximate surface area is 157 Å². The lowest BCUT2D eigenvalue weighted by atomic mass is 10.1. The summed E-state index contributed by atoms with van der Waals surface area (Å²) in [5, 5.41) is 0.722. The van der Waals surface area contributed by atoms with E-state index in [0.717, 1.165) is 36.9 Å². The predicted molar refractivity (Wildman–Crippen MR) is 103 cm³/mol. The maximum Gasteiger partial charge on any atom is 0.251 e. The molecule has 0 unspecified atom stereocenters. The summed E-state index contributed by atoms with van der Waals surface area (Å²) in [5.74, 6) is -0.235. The van der Waals surface area contributed by atoms with Gasteiger partial charge in [-0.15, -0.1) is 0 Å². The van der Waals surface area contributed by atoms with Crippen molar-refractivity contribution in [2.24, 2.45) is 0 Å². The highest BCUT2D eigenvalue weighted by molar-refractivity contribution is 6.30. The lowest BCUT2D eigenvalue weighted by Crippen LogP contribution is -2.52. The Kier molecular flexibility index (Phi) is 4.66. The van der Waals surface area contributed by atoms with Gasteiger partial charge in [-0.1, -0.05) is 35.9 Å². The van der Waals surface area contributed by atoms with Crippen molar-refractivity contribution in [3.63, 3.8) is 0 Å². The zero-order valence-electron chi connectivity index (χ0n) is 14.3. The molecule has 0 aromatic heterocycles. The number of anilines is 2. The van der Waals surface area contributed by atoms with Gasteiger partial charge in [0.25, 0.3) is 5.91 Å². The van der Waals surface area contributed by atoms with Crippen LogP contribution in [0.4, 0.5) is 11.4 Å². The zero-order valence-corrected chi connectivity index (χ0v) is 15.1. The molecule has 2 heterocycles. The summed E-state index contributed by atoms with van der Waals surface area (Å²) in [6.45, 7) is 3.12. The van der Waals surface area contributed by atoms with E-state index in [4.69, 9.17) is 11.6 Å². The number of amides is 2. The fourth-order valence-electron chi connectivity index (χ4n) is 3.71. The quantitative estimate of drug-likeness (QED) is 0.780. The van der Waals surface area contributed by atoms with E-state index in [1.54, 1.807) is 12.1 Å². The SMILES string of the molecule is O=C1C[C@@H](N2CCN(c3cccc(Cl)c3)CC2)C(=O)N1c1ccccc1. The van der Waals surface area contributed by atoms with E-state index in [2.05, 4.69) is 9.80 Å². The predicted octanol–water partition coefficient (Wildman–Crippen LogP) is 2.79. The minimum Gasteiger partial charge on any atom is -0.369 e. The molecule has 0 aliphatic carbocycles. The molecule has 2 saturated heterocycles. The summed E-state index contributed by atoms with van der Waals surface area (Å²) in [6.07, 6.45) is 0.255. The van der Waals surface area contributed by atoms with Crippen LogP contribution < -0.4 is 9.80 Å². The molecule has 2 amide bonds. The topological polar surface area (TPSA) is 43.9 Å². The molecule has 4 rings (SSSR count). The molecule has 2 aliphatic heterocycles. The Balaban J connectivity index is 1.43. The molecule has 0 saturated carbocycles. The number of piperazine rings is 1. The fourth-order valence-corrected chi connectivity index (χ4v) is 3.90. The van der Waals surface area contributed by atoms with Crippen molar-refractivity contribution in [2.75, 3.05) is 36.0 Å². The van der Waals surface area contributed by atoms with Crippen molar-refractivity contribution in [3.8, 4) is 0 Å². The summed E-state index contributed by atoms with van der Waals surface area (Å²) in [5.41, 5.74) is 1.75. The Morgan fingerprint density at radius 1 is 0.846 bits per heavy atom. The molecule has 1 atom stereocenters. The summed E-state index contributed by atoms with van der Waals surface area (Å²) < 4.78 is 0. The van der Waals surface area contributed by atoms with Crippen molar-refractivity contribution in [3.05, 3.63) is 59.6 Å². The zero-order chi connectivity index (χ0) is 18.1. The maximum absolute atomic E-state index is 12.8. The summed E-state index contributed by atoms with van der Waals surface area (Å²) in [4.78, 5) is 31.0. The number of benzene rings is 2. The number of imide groups is 1. The van der Waals surface area contributed by atoms with Crippen LogP contribution >= 0.6 is 11.6 Å². The maximum atomic E-state index is 12.8. The molecule has 2 fully saturated rings. The van der Waals surface area contributed by atoms with Gasteiger partial charge in [0.1, 0.15) is 0 Å². The molecular formula is C20H20ClN3O2. The average molecular weight is 370 g/mol. The van der Waals surface area contributed by atoms with Gasteiger partial charge in [-0.3, -0.25) is 14.5 Å². The number of carbonyl (C=O) groups is 2. The summed E-state index contributed by atoms with van der Waals surface area (Å²) in [6, 6.07) is 16.6. The molecular weight excluding hydrogens is 350 g/mol. The van der Waals surface area contributed by atoms with Gasteiger partial charge in [0.15, 0.2) is 0 Å². The first kappa shape index (κ1) is 17.1. The van der Waals surface area contributed by atoms with E-state index in [1.807, 2.05) is 42.5 Å². The molecule has 26 heavy (non-hydrogen) atoms. The van der Waals surface area contributed by atoms with E-state index in [-0.39, 0.29) is 24.3 Å². The van der Waals surface area contributed by atoms with E-state index in [9.17, 15) is 9.59 Å². The highest BCUT2D eigenvalue weighted by atomic mass is 35.5. The summed E-state index contributed by atoms with van der Waals surface area (Å²) in [7, 11) is 0. The van der Waals surface area contributed by atoms with Crippen LogP contribution in [-0.2, 0) is 9.59 Å². The molecule has 5 nitrogen and oxygen atoms in total. The average Bonchev–Trinajstić information content (AvgIpc) is 2.97. The lowest BCUT2D eigenvalue weighted by molar-refractivity contribution is -0.123. The number of halogens is 1. The van der Waals surface area contributed by atoms with Crippen LogP contribution in [0.3, 0.4) is 0 Å². The second-order valence-electron chi connectivity index (χ2n) is 6.63. The molecule has 2 aliphatic rings. The van der Waals surface area contributed by atoms with Crippen molar-refractivity contribution in [1.29, 1.82) is 0 Å². The van der Waals surface area contributed by atoms with Gasteiger partial charge in [-0.25, -0.2) is 4.90 Å². The number of hydrogen-bond donors (Lipinski definition) is 0. The van der Waals surface area contributed by atoms with Gasteiger partial charge in [-0.2, -0.15) is 0 Å². The normalized spacial score (nSPS) is 21.5. The van der Waals surface area contributed by atoms with Crippen LogP contribution in [-0.4, -0.2) is 48.9 Å².